The Balaban J connectivity index is 2.15. The average Bonchev–Trinajstić information content (AvgIpc) is 2.38. The Morgan fingerprint density at radius 1 is 1.44 bits per heavy atom. The van der Waals surface area contributed by atoms with Crippen molar-refractivity contribution >= 4 is 28.4 Å². The molecule has 3 N–H and O–H groups in total. The molecular weight excluding hydrogens is 232 g/mol. The molecule has 0 spiro atoms. The molecule has 6 nitrogen and oxygen atoms in total. The number of esters is 1. The number of aromatic nitrogens is 2. The second-order valence-corrected chi connectivity index (χ2v) is 3.75. The Morgan fingerprint density at radius 3 is 3.06 bits per heavy atom. The summed E-state index contributed by atoms with van der Waals surface area (Å²) in [6, 6.07) is 5.42. The molecule has 0 unspecified atom stereocenters. The van der Waals surface area contributed by atoms with Gasteiger partial charge in [-0.2, -0.15) is 0 Å². The fourth-order valence-electron chi connectivity index (χ4n) is 1.60. The summed E-state index contributed by atoms with van der Waals surface area (Å²) >= 11 is 0. The van der Waals surface area contributed by atoms with E-state index in [9.17, 15) is 4.79 Å². The fourth-order valence-corrected chi connectivity index (χ4v) is 1.60. The molecule has 0 aliphatic rings. The van der Waals surface area contributed by atoms with Crippen LogP contribution in [0.4, 0.5) is 11.5 Å². The van der Waals surface area contributed by atoms with E-state index < -0.39 is 0 Å². The van der Waals surface area contributed by atoms with Crippen LogP contribution in [0, 0.1) is 0 Å². The number of nitrogens with one attached hydrogen (secondary N) is 1. The third kappa shape index (κ3) is 2.65. The van der Waals surface area contributed by atoms with Crippen LogP contribution in [-0.4, -0.2) is 29.6 Å². The van der Waals surface area contributed by atoms with Gasteiger partial charge in [0.15, 0.2) is 0 Å². The number of nitrogens with two attached hydrogens (primary N) is 1. The first-order valence-electron chi connectivity index (χ1n) is 5.51. The maximum atomic E-state index is 11.0. The van der Waals surface area contributed by atoms with E-state index in [0.717, 1.165) is 10.9 Å². The van der Waals surface area contributed by atoms with Crippen LogP contribution in [0.1, 0.15) is 6.42 Å². The first kappa shape index (κ1) is 12.1. The number of fused-ring (bicyclic) bond motifs is 1. The number of ether oxygens (including phenoxy) is 1. The van der Waals surface area contributed by atoms with E-state index in [0.29, 0.717) is 18.1 Å². The molecular formula is C12H14N4O2. The quantitative estimate of drug-likeness (QED) is 0.622. The maximum Gasteiger partial charge on any atom is 0.307 e. The van der Waals surface area contributed by atoms with Crippen LogP contribution in [0.15, 0.2) is 24.5 Å². The number of nitrogen functional groups attached to an aromatic ring is 1. The monoisotopic (exact) mass is 246 g/mol. The molecule has 0 fully saturated rings. The molecule has 2 aromatic rings. The predicted octanol–water partition coefficient (Wildman–Crippen LogP) is 1.19. The van der Waals surface area contributed by atoms with E-state index in [4.69, 9.17) is 5.73 Å². The Hall–Kier alpha value is -2.37. The first-order chi connectivity index (χ1) is 8.70. The molecule has 1 heterocycles. The van der Waals surface area contributed by atoms with Crippen molar-refractivity contribution in [3.05, 3.63) is 24.5 Å². The molecule has 0 atom stereocenters. The van der Waals surface area contributed by atoms with Crippen LogP contribution in [-0.2, 0) is 9.53 Å². The highest BCUT2D eigenvalue weighted by Crippen LogP contribution is 2.20. The largest absolute Gasteiger partial charge is 0.469 e. The zero-order chi connectivity index (χ0) is 13.0. The molecule has 0 aliphatic heterocycles. The lowest BCUT2D eigenvalue weighted by Gasteiger charge is -2.07. The van der Waals surface area contributed by atoms with Crippen molar-refractivity contribution in [2.75, 3.05) is 24.7 Å². The van der Waals surface area contributed by atoms with E-state index in [1.807, 2.05) is 6.07 Å². The van der Waals surface area contributed by atoms with Crippen molar-refractivity contribution in [1.29, 1.82) is 0 Å². The van der Waals surface area contributed by atoms with Crippen LogP contribution in [0.2, 0.25) is 0 Å². The molecule has 2 rings (SSSR count). The lowest BCUT2D eigenvalue weighted by molar-refractivity contribution is -0.140. The first-order valence-corrected chi connectivity index (χ1v) is 5.51. The lowest BCUT2D eigenvalue weighted by atomic mass is 10.2. The van der Waals surface area contributed by atoms with Crippen LogP contribution in [0.25, 0.3) is 10.9 Å². The van der Waals surface area contributed by atoms with Gasteiger partial charge in [0.2, 0.25) is 0 Å². The van der Waals surface area contributed by atoms with Gasteiger partial charge < -0.3 is 15.8 Å². The van der Waals surface area contributed by atoms with Gasteiger partial charge in [0.05, 0.1) is 19.0 Å². The van der Waals surface area contributed by atoms with E-state index >= 15 is 0 Å². The summed E-state index contributed by atoms with van der Waals surface area (Å²) in [5.41, 5.74) is 7.11. The predicted molar refractivity (Wildman–Crippen MR) is 69.1 cm³/mol. The number of nitrogens with zero attached hydrogens (tertiary/aromatic N) is 2. The van der Waals surface area contributed by atoms with Gasteiger partial charge in [-0.1, -0.05) is 0 Å². The number of methoxy groups -OCH3 is 1. The third-order valence-electron chi connectivity index (χ3n) is 2.51. The highest BCUT2D eigenvalue weighted by Gasteiger charge is 2.05. The van der Waals surface area contributed by atoms with Crippen LogP contribution >= 0.6 is 0 Å². The van der Waals surface area contributed by atoms with Gasteiger partial charge in [-0.25, -0.2) is 9.97 Å². The Kier molecular flexibility index (Phi) is 3.57. The van der Waals surface area contributed by atoms with E-state index in [-0.39, 0.29) is 12.4 Å². The van der Waals surface area contributed by atoms with Crippen molar-refractivity contribution in [3.63, 3.8) is 0 Å². The van der Waals surface area contributed by atoms with Crippen molar-refractivity contribution < 1.29 is 9.53 Å². The molecule has 6 heteroatoms. The molecule has 0 saturated carbocycles. The number of rotatable bonds is 4. The zero-order valence-corrected chi connectivity index (χ0v) is 10.0. The van der Waals surface area contributed by atoms with E-state index in [1.54, 1.807) is 12.1 Å². The summed E-state index contributed by atoms with van der Waals surface area (Å²) in [6.07, 6.45) is 1.75. The standard InChI is InChI=1S/C12H14N4O2/c1-18-11(17)4-5-14-12-9-3-2-8(13)6-10(9)15-7-16-12/h2-3,6-7H,4-5,13H2,1H3,(H,14,15,16). The van der Waals surface area contributed by atoms with E-state index in [2.05, 4.69) is 20.0 Å². The number of benzene rings is 1. The second-order valence-electron chi connectivity index (χ2n) is 3.75. The summed E-state index contributed by atoms with van der Waals surface area (Å²) in [4.78, 5) is 19.3. The summed E-state index contributed by atoms with van der Waals surface area (Å²) < 4.78 is 4.56. The van der Waals surface area contributed by atoms with Gasteiger partial charge in [-0.15, -0.1) is 0 Å². The van der Waals surface area contributed by atoms with Crippen LogP contribution in [0.5, 0.6) is 0 Å². The molecule has 0 radical (unpaired) electrons. The molecule has 1 aromatic carbocycles. The zero-order valence-electron chi connectivity index (χ0n) is 10.0. The van der Waals surface area contributed by atoms with Gasteiger partial charge in [0.25, 0.3) is 0 Å². The average molecular weight is 246 g/mol. The van der Waals surface area contributed by atoms with Gasteiger partial charge >= 0.3 is 5.97 Å². The molecule has 0 saturated heterocycles. The van der Waals surface area contributed by atoms with Crippen molar-refractivity contribution in [3.8, 4) is 0 Å². The highest BCUT2D eigenvalue weighted by atomic mass is 16.5. The van der Waals surface area contributed by atoms with Crippen molar-refractivity contribution in [1.82, 2.24) is 9.97 Å². The van der Waals surface area contributed by atoms with Crippen molar-refractivity contribution in [2.45, 2.75) is 6.42 Å². The van der Waals surface area contributed by atoms with Crippen LogP contribution < -0.4 is 11.1 Å². The Bertz CT molecular complexity index is 571. The highest BCUT2D eigenvalue weighted by molar-refractivity contribution is 5.90. The minimum absolute atomic E-state index is 0.259. The van der Waals surface area contributed by atoms with Gasteiger partial charge in [-0.3, -0.25) is 4.79 Å². The number of carbonyl (C=O) groups excluding carboxylic acids is 1. The van der Waals surface area contributed by atoms with Gasteiger partial charge in [0.1, 0.15) is 12.1 Å². The minimum atomic E-state index is -0.259. The minimum Gasteiger partial charge on any atom is -0.469 e. The van der Waals surface area contributed by atoms with Gasteiger partial charge in [0, 0.05) is 17.6 Å². The number of hydrogen-bond donors (Lipinski definition) is 2. The summed E-state index contributed by atoms with van der Waals surface area (Å²) in [7, 11) is 1.37. The smallest absolute Gasteiger partial charge is 0.307 e. The Morgan fingerprint density at radius 2 is 2.28 bits per heavy atom. The number of hydrogen-bond acceptors (Lipinski definition) is 6. The summed E-state index contributed by atoms with van der Waals surface area (Å²) in [6.45, 7) is 0.461. The molecule has 0 aliphatic carbocycles. The second kappa shape index (κ2) is 5.31. The summed E-state index contributed by atoms with van der Waals surface area (Å²) in [5, 5.41) is 3.95. The number of anilines is 2. The lowest BCUT2D eigenvalue weighted by Crippen LogP contribution is -2.10. The summed E-state index contributed by atoms with van der Waals surface area (Å²) in [5.74, 6) is 0.425. The fraction of sp³-hybridized carbons (Fsp3) is 0.250. The van der Waals surface area contributed by atoms with Crippen LogP contribution in [0.3, 0.4) is 0 Å². The molecule has 0 amide bonds. The molecule has 94 valence electrons. The van der Waals surface area contributed by atoms with Crippen molar-refractivity contribution in [2.24, 2.45) is 0 Å². The normalized spacial score (nSPS) is 10.3. The van der Waals surface area contributed by atoms with Gasteiger partial charge in [-0.05, 0) is 18.2 Å². The Labute approximate surface area is 104 Å². The molecule has 1 aromatic heterocycles. The molecule has 0 bridgehead atoms. The SMILES string of the molecule is COC(=O)CCNc1ncnc2cc(N)ccc12. The topological polar surface area (TPSA) is 90.1 Å². The van der Waals surface area contributed by atoms with E-state index in [1.165, 1.54) is 13.4 Å². The molecule has 18 heavy (non-hydrogen) atoms. The third-order valence-corrected chi connectivity index (χ3v) is 2.51. The number of carbonyl (C=O) groups is 1. The maximum absolute atomic E-state index is 11.0.